The molecule has 0 saturated carbocycles. The third-order valence-corrected chi connectivity index (χ3v) is 10.7. The molecule has 3 aromatic heterocycles. The van der Waals surface area contributed by atoms with Gasteiger partial charge in [0.2, 0.25) is 0 Å². The molecule has 0 aromatic carbocycles. The van der Waals surface area contributed by atoms with Crippen LogP contribution in [-0.2, 0) is 9.47 Å². The zero-order valence-electron chi connectivity index (χ0n) is 25.4. The van der Waals surface area contributed by atoms with Crippen molar-refractivity contribution in [2.75, 3.05) is 76.3 Å². The van der Waals surface area contributed by atoms with Crippen LogP contribution in [0.1, 0.15) is 39.2 Å². The number of ether oxygens (including phenoxy) is 2. The van der Waals surface area contributed by atoms with Crippen LogP contribution >= 0.6 is 34.5 Å². The molecule has 3 atom stereocenters. The van der Waals surface area contributed by atoms with Gasteiger partial charge in [-0.25, -0.2) is 19.7 Å². The molecule has 16 heteroatoms. The van der Waals surface area contributed by atoms with Gasteiger partial charge in [0.05, 0.1) is 41.2 Å². The van der Waals surface area contributed by atoms with Gasteiger partial charge in [-0.15, -0.1) is 0 Å². The summed E-state index contributed by atoms with van der Waals surface area (Å²) in [5.74, 6) is -0.136. The van der Waals surface area contributed by atoms with Crippen LogP contribution in [0.15, 0.2) is 12.4 Å². The zero-order chi connectivity index (χ0) is 31.7. The fraction of sp³-hybridized carbons (Fsp3) is 0.552. The summed E-state index contributed by atoms with van der Waals surface area (Å²) >= 11 is 13.7. The number of methoxy groups -OCH3 is 1. The van der Waals surface area contributed by atoms with Crippen LogP contribution in [-0.4, -0.2) is 126 Å². The number of piperazine rings is 3. The van der Waals surface area contributed by atoms with Gasteiger partial charge in [0, 0.05) is 71.2 Å². The van der Waals surface area contributed by atoms with E-state index in [9.17, 15) is 9.59 Å². The lowest BCUT2D eigenvalue weighted by Gasteiger charge is -2.47. The lowest BCUT2D eigenvalue weighted by atomic mass is 10.0. The van der Waals surface area contributed by atoms with Crippen molar-refractivity contribution in [2.24, 2.45) is 0 Å². The molecule has 0 spiro atoms. The van der Waals surface area contributed by atoms with Crippen LogP contribution in [0.5, 0.6) is 0 Å². The number of nitrogens with one attached hydrogen (secondary N) is 3. The summed E-state index contributed by atoms with van der Waals surface area (Å²) < 4.78 is 11.1. The molecule has 0 aliphatic carbocycles. The third kappa shape index (κ3) is 6.76. The number of H-pyrrole nitrogens is 1. The monoisotopic (exact) mass is 677 g/mol. The molecule has 3 N–H and O–H groups in total. The molecule has 3 aromatic rings. The fourth-order valence-corrected chi connectivity index (χ4v) is 7.52. The highest BCUT2D eigenvalue weighted by atomic mass is 35.5. The number of esters is 1. The standard InChI is InChI=1S/C29H37Cl2N9O4S/c1-4-44-28(42)26-24(19-12-34-21(13-32-19)33-11-17-14-38-7-9-39(17)10-8-38)37-29(45-26)40-6-5-18(20(15-40)43-3)36-27(41)25-23(31)22(30)16(2)35-25/h12-13,17-18,20,35H,4-11,14-15H2,1-3H3,(H,33,34)(H,36,41). The summed E-state index contributed by atoms with van der Waals surface area (Å²) in [7, 11) is 1.60. The minimum absolute atomic E-state index is 0.194. The number of amides is 1. The number of hydrogen-bond acceptors (Lipinski definition) is 12. The summed E-state index contributed by atoms with van der Waals surface area (Å²) in [5.41, 5.74) is 1.76. The van der Waals surface area contributed by atoms with Gasteiger partial charge in [0.15, 0.2) is 5.13 Å². The number of aromatic amines is 1. The molecule has 4 fully saturated rings. The molecule has 2 bridgehead atoms. The van der Waals surface area contributed by atoms with E-state index in [1.807, 2.05) is 4.90 Å². The number of carbonyl (C=O) groups is 2. The second-order valence-electron chi connectivity index (χ2n) is 11.4. The van der Waals surface area contributed by atoms with E-state index in [4.69, 9.17) is 37.7 Å². The first-order valence-corrected chi connectivity index (χ1v) is 16.7. The van der Waals surface area contributed by atoms with Crippen LogP contribution in [0.25, 0.3) is 11.4 Å². The molecule has 7 heterocycles. The number of aromatic nitrogens is 4. The Hall–Kier alpha value is -3.01. The molecule has 3 unspecified atom stereocenters. The van der Waals surface area contributed by atoms with E-state index >= 15 is 0 Å². The van der Waals surface area contributed by atoms with Crippen LogP contribution in [0, 0.1) is 6.92 Å². The Kier molecular flexibility index (Phi) is 9.78. The molecule has 1 amide bonds. The highest BCUT2D eigenvalue weighted by Gasteiger charge is 2.35. The average Bonchev–Trinajstić information content (AvgIpc) is 3.62. The van der Waals surface area contributed by atoms with Crippen molar-refractivity contribution in [3.05, 3.63) is 38.7 Å². The Labute approximate surface area is 275 Å². The first-order chi connectivity index (χ1) is 21.7. The minimum Gasteiger partial charge on any atom is -0.462 e. The molecule has 45 heavy (non-hydrogen) atoms. The number of halogens is 2. The van der Waals surface area contributed by atoms with Crippen molar-refractivity contribution in [1.29, 1.82) is 0 Å². The molecule has 242 valence electrons. The van der Waals surface area contributed by atoms with Crippen molar-refractivity contribution in [1.82, 2.24) is 35.1 Å². The van der Waals surface area contributed by atoms with E-state index in [0.717, 1.165) is 39.3 Å². The van der Waals surface area contributed by atoms with Crippen molar-refractivity contribution < 1.29 is 19.1 Å². The lowest BCUT2D eigenvalue weighted by Crippen LogP contribution is -2.62. The Morgan fingerprint density at radius 1 is 1.11 bits per heavy atom. The van der Waals surface area contributed by atoms with Gasteiger partial charge in [0.25, 0.3) is 5.91 Å². The SMILES string of the molecule is CCOC(=O)c1sc(N2CCC(NC(=O)c3[nH]c(C)c(Cl)c3Cl)C(OC)C2)nc1-c1cnc(NCC2CN3CCN2CC3)cn1. The molecule has 0 radical (unpaired) electrons. The van der Waals surface area contributed by atoms with Crippen molar-refractivity contribution >= 4 is 57.4 Å². The Morgan fingerprint density at radius 2 is 1.91 bits per heavy atom. The van der Waals surface area contributed by atoms with Crippen molar-refractivity contribution in [3.8, 4) is 11.4 Å². The normalized spacial score (nSPS) is 24.5. The van der Waals surface area contributed by atoms with Crippen molar-refractivity contribution in [3.63, 3.8) is 0 Å². The van der Waals surface area contributed by atoms with Crippen LogP contribution in [0.3, 0.4) is 0 Å². The number of nitrogens with zero attached hydrogens (tertiary/aromatic N) is 6. The number of thiazole rings is 1. The van der Waals surface area contributed by atoms with Gasteiger partial charge < -0.3 is 30.0 Å². The molecular weight excluding hydrogens is 641 g/mol. The first kappa shape index (κ1) is 32.0. The summed E-state index contributed by atoms with van der Waals surface area (Å²) in [5, 5.41) is 7.60. The maximum Gasteiger partial charge on any atom is 0.350 e. The van der Waals surface area contributed by atoms with Crippen molar-refractivity contribution in [2.45, 2.75) is 38.5 Å². The molecule has 13 nitrogen and oxygen atoms in total. The minimum atomic E-state index is -0.459. The summed E-state index contributed by atoms with van der Waals surface area (Å²) in [6.07, 6.45) is 3.55. The van der Waals surface area contributed by atoms with E-state index in [2.05, 4.69) is 35.4 Å². The number of fused-ring (bicyclic) bond motifs is 3. The highest BCUT2D eigenvalue weighted by Crippen LogP contribution is 2.35. The third-order valence-electron chi connectivity index (χ3n) is 8.61. The van der Waals surface area contributed by atoms with E-state index in [0.29, 0.717) is 63.5 Å². The number of rotatable bonds is 10. The maximum absolute atomic E-state index is 13.0. The largest absolute Gasteiger partial charge is 0.462 e. The van der Waals surface area contributed by atoms with E-state index < -0.39 is 5.97 Å². The summed E-state index contributed by atoms with van der Waals surface area (Å²) in [6.45, 7) is 11.1. The van der Waals surface area contributed by atoms with E-state index in [-0.39, 0.29) is 35.4 Å². The molecule has 7 rings (SSSR count). The highest BCUT2D eigenvalue weighted by molar-refractivity contribution is 7.17. The molecule has 4 aliphatic heterocycles. The van der Waals surface area contributed by atoms with E-state index in [1.165, 1.54) is 11.3 Å². The quantitative estimate of drug-likeness (QED) is 0.273. The van der Waals surface area contributed by atoms with Crippen LogP contribution in [0.4, 0.5) is 10.9 Å². The van der Waals surface area contributed by atoms with Gasteiger partial charge in [-0.05, 0) is 20.3 Å². The van der Waals surface area contributed by atoms with Gasteiger partial charge >= 0.3 is 5.97 Å². The number of piperidine rings is 1. The van der Waals surface area contributed by atoms with E-state index in [1.54, 1.807) is 33.4 Å². The molecular formula is C29H37Cl2N9O4S. The Bertz CT molecular complexity index is 1530. The second-order valence-corrected chi connectivity index (χ2v) is 13.1. The molecule has 4 aliphatic rings. The van der Waals surface area contributed by atoms with Gasteiger partial charge in [0.1, 0.15) is 27.8 Å². The van der Waals surface area contributed by atoms with Gasteiger partial charge in [-0.2, -0.15) is 0 Å². The first-order valence-electron chi connectivity index (χ1n) is 15.1. The van der Waals surface area contributed by atoms with Crippen LogP contribution < -0.4 is 15.5 Å². The Balaban J connectivity index is 1.14. The predicted octanol–water partition coefficient (Wildman–Crippen LogP) is 3.16. The summed E-state index contributed by atoms with van der Waals surface area (Å²) in [6, 6.07) is 0.178. The smallest absolute Gasteiger partial charge is 0.350 e. The fourth-order valence-electron chi connectivity index (χ4n) is 6.10. The average molecular weight is 679 g/mol. The number of carbonyl (C=O) groups excluding carboxylic acids is 2. The predicted molar refractivity (Wildman–Crippen MR) is 174 cm³/mol. The number of aryl methyl sites for hydroxylation is 1. The second kappa shape index (κ2) is 13.8. The van der Waals surface area contributed by atoms with Gasteiger partial charge in [-0.3, -0.25) is 14.6 Å². The Morgan fingerprint density at radius 3 is 2.53 bits per heavy atom. The topological polar surface area (TPSA) is 141 Å². The van der Waals surface area contributed by atoms with Gasteiger partial charge in [-0.1, -0.05) is 34.5 Å². The zero-order valence-corrected chi connectivity index (χ0v) is 27.8. The number of hydrogen-bond donors (Lipinski definition) is 3. The maximum atomic E-state index is 13.0. The lowest BCUT2D eigenvalue weighted by molar-refractivity contribution is 0.0189. The number of anilines is 2. The van der Waals surface area contributed by atoms with Crippen LogP contribution in [0.2, 0.25) is 10.0 Å². The molecule has 4 saturated heterocycles. The summed E-state index contributed by atoms with van der Waals surface area (Å²) in [4.78, 5) is 50.4.